The molecule has 0 saturated carbocycles. The molecule has 10 nitrogen and oxygen atoms in total. The van der Waals surface area contributed by atoms with Gasteiger partial charge in [0.05, 0.1) is 13.2 Å². The number of hydrogen-bond acceptors (Lipinski definition) is 10. The van der Waals surface area contributed by atoms with Gasteiger partial charge in [0.15, 0.2) is 12.6 Å². The topological polar surface area (TPSA) is 169 Å². The van der Waals surface area contributed by atoms with Crippen LogP contribution in [0.15, 0.2) is 0 Å². The molecule has 0 bridgehead atoms. The molecule has 0 radical (unpaired) electrons. The molecule has 2 heterocycles. The van der Waals surface area contributed by atoms with Crippen LogP contribution in [0.1, 0.15) is 0 Å². The van der Waals surface area contributed by atoms with Crippen LogP contribution in [-0.4, -0.2) is 104 Å². The number of hydrogen-bond donors (Lipinski definition) is 7. The Kier molecular flexibility index (Phi) is 5.48. The van der Waals surface area contributed by atoms with Gasteiger partial charge in [-0.3, -0.25) is 0 Å². The van der Waals surface area contributed by atoms with Crippen molar-refractivity contribution in [3.05, 3.63) is 0 Å². The zero-order chi connectivity index (χ0) is 15.7. The van der Waals surface area contributed by atoms with Gasteiger partial charge in [-0.25, -0.2) is 0 Å². The van der Waals surface area contributed by atoms with Gasteiger partial charge in [0.25, 0.3) is 0 Å². The lowest BCUT2D eigenvalue weighted by Gasteiger charge is -2.43. The molecule has 0 aromatic heterocycles. The summed E-state index contributed by atoms with van der Waals surface area (Å²) in [5.41, 5.74) is 0. The second kappa shape index (κ2) is 6.79. The van der Waals surface area contributed by atoms with Crippen molar-refractivity contribution in [2.75, 3.05) is 13.2 Å². The predicted molar refractivity (Wildman–Crippen MR) is 62.6 cm³/mol. The molecule has 2 rings (SSSR count). The summed E-state index contributed by atoms with van der Waals surface area (Å²) in [4.78, 5) is 0. The average molecular weight is 312 g/mol. The summed E-state index contributed by atoms with van der Waals surface area (Å²) in [6.07, 6.45) is -13.4. The maximum atomic E-state index is 9.78. The minimum Gasteiger partial charge on any atom is -0.394 e. The summed E-state index contributed by atoms with van der Waals surface area (Å²) in [6, 6.07) is 0. The molecule has 21 heavy (non-hydrogen) atoms. The van der Waals surface area contributed by atoms with E-state index in [1.165, 1.54) is 0 Å². The first-order valence-electron chi connectivity index (χ1n) is 6.48. The molecule has 9 atom stereocenters. The minimum absolute atomic E-state index is 0.295. The van der Waals surface area contributed by atoms with Crippen LogP contribution in [0, 0.1) is 0 Å². The molecule has 7 N–H and O–H groups in total. The second-order valence-corrected chi connectivity index (χ2v) is 5.08. The van der Waals surface area contributed by atoms with E-state index >= 15 is 0 Å². The second-order valence-electron chi connectivity index (χ2n) is 5.08. The van der Waals surface area contributed by atoms with Crippen molar-refractivity contribution >= 4 is 0 Å². The molecule has 124 valence electrons. The molecule has 0 amide bonds. The third-order valence-electron chi connectivity index (χ3n) is 3.59. The fourth-order valence-electron chi connectivity index (χ4n) is 2.26. The Morgan fingerprint density at radius 2 is 1.57 bits per heavy atom. The van der Waals surface area contributed by atoms with Crippen molar-refractivity contribution in [3.8, 4) is 0 Å². The number of ether oxygens (including phenoxy) is 3. The van der Waals surface area contributed by atoms with Crippen molar-refractivity contribution in [1.82, 2.24) is 0 Å². The van der Waals surface area contributed by atoms with Gasteiger partial charge in [0, 0.05) is 0 Å². The molecule has 0 spiro atoms. The maximum Gasteiger partial charge on any atom is 0.187 e. The number of aliphatic hydroxyl groups is 7. The average Bonchev–Trinajstić information content (AvgIpc) is 2.47. The highest BCUT2D eigenvalue weighted by Gasteiger charge is 2.48. The van der Waals surface area contributed by atoms with Crippen LogP contribution < -0.4 is 0 Å². The van der Waals surface area contributed by atoms with Gasteiger partial charge >= 0.3 is 0 Å². The lowest BCUT2D eigenvalue weighted by molar-refractivity contribution is -0.352. The van der Waals surface area contributed by atoms with E-state index in [2.05, 4.69) is 0 Å². The lowest BCUT2D eigenvalue weighted by Crippen LogP contribution is -2.62. The molecule has 0 unspecified atom stereocenters. The Morgan fingerprint density at radius 1 is 0.905 bits per heavy atom. The predicted octanol–water partition coefficient (Wildman–Crippen LogP) is -4.76. The van der Waals surface area contributed by atoms with E-state index in [0.29, 0.717) is 0 Å². The Labute approximate surface area is 119 Å². The van der Waals surface area contributed by atoms with Crippen LogP contribution in [0.3, 0.4) is 0 Å². The van der Waals surface area contributed by atoms with Crippen LogP contribution in [0.25, 0.3) is 0 Å². The van der Waals surface area contributed by atoms with Crippen LogP contribution >= 0.6 is 0 Å². The molecule has 0 aromatic carbocycles. The monoisotopic (exact) mass is 312 g/mol. The quantitative estimate of drug-likeness (QED) is 0.268. The molecule has 2 aliphatic heterocycles. The maximum absolute atomic E-state index is 9.78. The normalized spacial score (nSPS) is 51.9. The van der Waals surface area contributed by atoms with Gasteiger partial charge in [-0.15, -0.1) is 0 Å². The molecule has 0 aliphatic carbocycles. The molecule has 2 saturated heterocycles. The molecule has 10 heteroatoms. The van der Waals surface area contributed by atoms with E-state index in [4.69, 9.17) is 19.3 Å². The zero-order valence-electron chi connectivity index (χ0n) is 11.0. The molecule has 2 aliphatic rings. The molecule has 0 aromatic rings. The standard InChI is InChI=1S/C11H20O10/c12-1-4-6(15)7(16)8(17)11(20-4)21-9-5(14)3(13)2-19-10(9)18/h3-18H,1-2H2/t3-,4-,5+,6+,7+,8-,9-,10-,11+/m1/s1. The van der Waals surface area contributed by atoms with Gasteiger partial charge < -0.3 is 50.0 Å². The van der Waals surface area contributed by atoms with E-state index in [1.54, 1.807) is 0 Å². The summed E-state index contributed by atoms with van der Waals surface area (Å²) in [6.45, 7) is -0.934. The van der Waals surface area contributed by atoms with Gasteiger partial charge in [0.1, 0.15) is 42.7 Å². The highest BCUT2D eigenvalue weighted by Crippen LogP contribution is 2.26. The first kappa shape index (κ1) is 17.0. The summed E-state index contributed by atoms with van der Waals surface area (Å²) in [7, 11) is 0. The van der Waals surface area contributed by atoms with E-state index in [9.17, 15) is 30.6 Å². The first-order chi connectivity index (χ1) is 9.86. The van der Waals surface area contributed by atoms with E-state index in [-0.39, 0.29) is 6.61 Å². The Balaban J connectivity index is 2.06. The molecular formula is C11H20O10. The zero-order valence-corrected chi connectivity index (χ0v) is 11.0. The third kappa shape index (κ3) is 3.35. The molecule has 2 fully saturated rings. The fourth-order valence-corrected chi connectivity index (χ4v) is 2.26. The Hall–Kier alpha value is -0.400. The van der Waals surface area contributed by atoms with Gasteiger partial charge in [-0.2, -0.15) is 0 Å². The minimum atomic E-state index is -1.68. The van der Waals surface area contributed by atoms with E-state index in [0.717, 1.165) is 0 Å². The van der Waals surface area contributed by atoms with Crippen molar-refractivity contribution < 1.29 is 50.0 Å². The van der Waals surface area contributed by atoms with Crippen LogP contribution in [0.2, 0.25) is 0 Å². The van der Waals surface area contributed by atoms with E-state index in [1.807, 2.05) is 0 Å². The number of aliphatic hydroxyl groups excluding tert-OH is 7. The van der Waals surface area contributed by atoms with Gasteiger partial charge in [0.2, 0.25) is 0 Å². The largest absolute Gasteiger partial charge is 0.394 e. The summed E-state index contributed by atoms with van der Waals surface area (Å²) in [5, 5.41) is 66.8. The van der Waals surface area contributed by atoms with Gasteiger partial charge in [-0.05, 0) is 0 Å². The van der Waals surface area contributed by atoms with Gasteiger partial charge in [-0.1, -0.05) is 0 Å². The van der Waals surface area contributed by atoms with Crippen LogP contribution in [0.4, 0.5) is 0 Å². The van der Waals surface area contributed by atoms with E-state index < -0.39 is 61.9 Å². The SMILES string of the molecule is OC[C@H]1O[C@@H](O[C@@H]2[C@@H](O)[C@H](O)CO[C@H]2O)[C@H](O)[C@@H](O)[C@H]1O. The van der Waals surface area contributed by atoms with Crippen molar-refractivity contribution in [1.29, 1.82) is 0 Å². The van der Waals surface area contributed by atoms with Crippen molar-refractivity contribution in [2.45, 2.75) is 55.3 Å². The number of rotatable bonds is 3. The van der Waals surface area contributed by atoms with Crippen molar-refractivity contribution in [2.24, 2.45) is 0 Å². The van der Waals surface area contributed by atoms with Crippen LogP contribution in [0.5, 0.6) is 0 Å². The highest BCUT2D eigenvalue weighted by molar-refractivity contribution is 4.91. The Bertz CT molecular complexity index is 339. The molecular weight excluding hydrogens is 292 g/mol. The smallest absolute Gasteiger partial charge is 0.187 e. The third-order valence-corrected chi connectivity index (χ3v) is 3.59. The summed E-state index contributed by atoms with van der Waals surface area (Å²) in [5.74, 6) is 0. The fraction of sp³-hybridized carbons (Fsp3) is 1.00. The lowest BCUT2D eigenvalue weighted by atomic mass is 9.99. The summed E-state index contributed by atoms with van der Waals surface area (Å²) < 4.78 is 15.0. The summed E-state index contributed by atoms with van der Waals surface area (Å²) >= 11 is 0. The van der Waals surface area contributed by atoms with Crippen molar-refractivity contribution in [3.63, 3.8) is 0 Å². The van der Waals surface area contributed by atoms with Crippen LogP contribution in [-0.2, 0) is 14.2 Å². The first-order valence-corrected chi connectivity index (χ1v) is 6.48. The Morgan fingerprint density at radius 3 is 2.19 bits per heavy atom. The highest BCUT2D eigenvalue weighted by atomic mass is 16.7.